The molecule has 0 N–H and O–H groups in total. The van der Waals surface area contributed by atoms with Crippen LogP contribution in [0.3, 0.4) is 0 Å². The molecule has 0 aliphatic carbocycles. The lowest BCUT2D eigenvalue weighted by atomic mass is 10.1. The van der Waals surface area contributed by atoms with Crippen LogP contribution in [0.1, 0.15) is 25.0 Å². The van der Waals surface area contributed by atoms with Crippen molar-refractivity contribution in [2.45, 2.75) is 19.5 Å². The highest BCUT2D eigenvalue weighted by Gasteiger charge is 2.47. The second-order valence-corrected chi connectivity index (χ2v) is 6.62. The van der Waals surface area contributed by atoms with E-state index < -0.39 is 5.66 Å². The molecule has 0 saturated carbocycles. The summed E-state index contributed by atoms with van der Waals surface area (Å²) in [4.78, 5) is 12.2. The Balaban J connectivity index is 1.95. The normalized spacial score (nSPS) is 15.2. The van der Waals surface area contributed by atoms with Crippen molar-refractivity contribution in [3.05, 3.63) is 51.6 Å². The summed E-state index contributed by atoms with van der Waals surface area (Å²) in [5.74, 6) is 1.63. The molecule has 0 saturated heterocycles. The van der Waals surface area contributed by atoms with E-state index in [1.807, 2.05) is 24.3 Å². The van der Waals surface area contributed by atoms with Crippen molar-refractivity contribution < 1.29 is 19.0 Å². The van der Waals surface area contributed by atoms with Gasteiger partial charge in [-0.3, -0.25) is 0 Å². The Labute approximate surface area is 157 Å². The molecule has 0 radical (unpaired) electrons. The average molecular weight is 370 g/mol. The van der Waals surface area contributed by atoms with Gasteiger partial charge in [0.1, 0.15) is 5.69 Å². The monoisotopic (exact) mass is 370 g/mol. The maximum Gasteiger partial charge on any atom is 0.281 e. The first-order valence-corrected chi connectivity index (χ1v) is 8.40. The lowest BCUT2D eigenvalue weighted by Gasteiger charge is -2.30. The van der Waals surface area contributed by atoms with Gasteiger partial charge in [0.15, 0.2) is 11.5 Å². The molecule has 27 heavy (non-hydrogen) atoms. The van der Waals surface area contributed by atoms with E-state index >= 15 is 0 Å². The van der Waals surface area contributed by atoms with Crippen LogP contribution in [0.4, 0.5) is 11.4 Å². The fourth-order valence-corrected chi connectivity index (χ4v) is 3.04. The molecule has 3 rings (SSSR count). The molecular formula is C20H22N2O5. The smallest absolute Gasteiger partial charge is 0.281 e. The number of ether oxygens (including phenoxy) is 3. The highest BCUT2D eigenvalue weighted by molar-refractivity contribution is 5.77. The average Bonchev–Trinajstić information content (AvgIpc) is 2.85. The zero-order valence-corrected chi connectivity index (χ0v) is 16.0. The van der Waals surface area contributed by atoms with E-state index in [0.717, 1.165) is 21.0 Å². The van der Waals surface area contributed by atoms with Gasteiger partial charge in [-0.1, -0.05) is 12.2 Å². The van der Waals surface area contributed by atoms with Crippen molar-refractivity contribution in [2.75, 3.05) is 26.4 Å². The Morgan fingerprint density at radius 3 is 2.11 bits per heavy atom. The van der Waals surface area contributed by atoms with Gasteiger partial charge in [-0.25, -0.2) is 0 Å². The lowest BCUT2D eigenvalue weighted by molar-refractivity contribution is -0.532. The Morgan fingerprint density at radius 1 is 0.963 bits per heavy atom. The summed E-state index contributed by atoms with van der Waals surface area (Å²) >= 11 is 0. The number of methoxy groups -OCH3 is 3. The Morgan fingerprint density at radius 2 is 1.56 bits per heavy atom. The second-order valence-electron chi connectivity index (χ2n) is 6.62. The maximum absolute atomic E-state index is 12.4. The minimum Gasteiger partial charge on any atom is -0.753 e. The van der Waals surface area contributed by atoms with E-state index in [4.69, 9.17) is 14.2 Å². The number of fused-ring (bicyclic) bond motifs is 1. The molecule has 142 valence electrons. The van der Waals surface area contributed by atoms with Crippen LogP contribution in [0.25, 0.3) is 12.2 Å². The van der Waals surface area contributed by atoms with Crippen LogP contribution in [0.15, 0.2) is 30.3 Å². The third kappa shape index (κ3) is 3.10. The zero-order chi connectivity index (χ0) is 19.8. The Hall–Kier alpha value is -3.06. The Bertz CT molecular complexity index is 896. The van der Waals surface area contributed by atoms with E-state index in [0.29, 0.717) is 28.6 Å². The molecule has 0 bridgehead atoms. The number of nitroso groups, excluding NO2 is 1. The first-order chi connectivity index (χ1) is 12.8. The van der Waals surface area contributed by atoms with Crippen molar-refractivity contribution in [1.29, 1.82) is 0 Å². The largest absolute Gasteiger partial charge is 0.753 e. The lowest BCUT2D eigenvalue weighted by Crippen LogP contribution is -2.41. The van der Waals surface area contributed by atoms with Gasteiger partial charge >= 0.3 is 0 Å². The Kier molecular flexibility index (Phi) is 4.80. The van der Waals surface area contributed by atoms with Gasteiger partial charge in [-0.2, -0.15) is 0 Å². The maximum atomic E-state index is 12.4. The summed E-state index contributed by atoms with van der Waals surface area (Å²) in [5.41, 5.74) is 1.23. The summed E-state index contributed by atoms with van der Waals surface area (Å²) in [6.07, 6.45) is 3.73. The first kappa shape index (κ1) is 18.7. The van der Waals surface area contributed by atoms with Gasteiger partial charge in [-0.15, -0.1) is 0 Å². The highest BCUT2D eigenvalue weighted by atomic mass is 16.5. The van der Waals surface area contributed by atoms with Crippen LogP contribution in [0.2, 0.25) is 0 Å². The predicted octanol–water partition coefficient (Wildman–Crippen LogP) is 4.35. The van der Waals surface area contributed by atoms with Gasteiger partial charge < -0.3 is 24.5 Å². The third-order valence-electron chi connectivity index (χ3n) is 4.59. The third-order valence-corrected chi connectivity index (χ3v) is 4.59. The number of hydrogen-bond acceptors (Lipinski definition) is 6. The summed E-state index contributed by atoms with van der Waals surface area (Å²) in [6, 6.07) is 8.82. The molecule has 0 atom stereocenters. The number of hydroxylamine groups is 1. The van der Waals surface area contributed by atoms with Crippen LogP contribution in [0.5, 0.6) is 17.2 Å². The topological polar surface area (TPSA) is 74.1 Å². The fraction of sp³-hybridized carbons (Fsp3) is 0.300. The van der Waals surface area contributed by atoms with Crippen molar-refractivity contribution in [3.63, 3.8) is 0 Å². The van der Waals surface area contributed by atoms with Gasteiger partial charge in [0.25, 0.3) is 11.4 Å². The summed E-state index contributed by atoms with van der Waals surface area (Å²) < 4.78 is 16.8. The van der Waals surface area contributed by atoms with E-state index in [9.17, 15) is 10.1 Å². The standard InChI is InChI=1S/C20H22N2O5/c1-20(2)21(23)15-9-8-13(10-16(15)22(20)24)6-7-14-11-17(25-3)19(27-5)18(12-14)26-4/h6-12H,1-5H3/b7-6-. The number of benzene rings is 2. The quantitative estimate of drug-likeness (QED) is 0.575. The second kappa shape index (κ2) is 6.92. The molecule has 0 spiro atoms. The van der Waals surface area contributed by atoms with Crippen LogP contribution in [-0.2, 0) is 0 Å². The van der Waals surface area contributed by atoms with Crippen LogP contribution < -0.4 is 19.3 Å². The molecule has 1 heterocycles. The van der Waals surface area contributed by atoms with Crippen molar-refractivity contribution in [3.8, 4) is 17.2 Å². The SMILES string of the molecule is COc1cc(/C=C\c2ccc3c(c2)N([O-])C(C)(C)[N+]3=O)cc(OC)c1OC. The highest BCUT2D eigenvalue weighted by Crippen LogP contribution is 2.43. The fourth-order valence-electron chi connectivity index (χ4n) is 3.04. The molecule has 0 fully saturated rings. The minimum atomic E-state index is -1.15. The van der Waals surface area contributed by atoms with E-state index in [1.165, 1.54) is 0 Å². The molecule has 0 aromatic heterocycles. The van der Waals surface area contributed by atoms with Gasteiger partial charge in [0.05, 0.1) is 26.1 Å². The minimum absolute atomic E-state index is 0.363. The molecule has 1 aliphatic rings. The first-order valence-electron chi connectivity index (χ1n) is 8.40. The van der Waals surface area contributed by atoms with E-state index in [-0.39, 0.29) is 0 Å². The van der Waals surface area contributed by atoms with Gasteiger partial charge in [0, 0.05) is 24.8 Å². The van der Waals surface area contributed by atoms with Crippen molar-refractivity contribution in [2.24, 2.45) is 0 Å². The molecule has 7 heteroatoms. The predicted molar refractivity (Wildman–Crippen MR) is 105 cm³/mol. The van der Waals surface area contributed by atoms with Gasteiger partial charge in [-0.05, 0) is 35.4 Å². The number of rotatable bonds is 5. The van der Waals surface area contributed by atoms with Gasteiger partial charge in [0.2, 0.25) is 5.75 Å². The molecule has 7 nitrogen and oxygen atoms in total. The number of anilines is 1. The number of nitrogens with zero attached hydrogens (tertiary/aromatic N) is 2. The summed E-state index contributed by atoms with van der Waals surface area (Å²) in [6.45, 7) is 3.19. The van der Waals surface area contributed by atoms with Crippen molar-refractivity contribution in [1.82, 2.24) is 0 Å². The van der Waals surface area contributed by atoms with Crippen LogP contribution in [0, 0.1) is 10.1 Å². The molecule has 2 aromatic carbocycles. The van der Waals surface area contributed by atoms with Crippen LogP contribution in [-0.4, -0.2) is 31.8 Å². The molecule has 2 aromatic rings. The summed E-state index contributed by atoms with van der Waals surface area (Å²) in [5, 5.41) is 13.1. The zero-order valence-electron chi connectivity index (χ0n) is 16.0. The molecular weight excluding hydrogens is 348 g/mol. The molecule has 0 amide bonds. The van der Waals surface area contributed by atoms with Crippen molar-refractivity contribution >= 4 is 23.5 Å². The summed E-state index contributed by atoms with van der Waals surface area (Å²) in [7, 11) is 4.67. The molecule has 1 aliphatic heterocycles. The van der Waals surface area contributed by atoms with E-state index in [1.54, 1.807) is 53.4 Å². The van der Waals surface area contributed by atoms with Crippen LogP contribution >= 0.6 is 0 Å². The number of hydrogen-bond donors (Lipinski definition) is 0. The molecule has 0 unspecified atom stereocenters. The van der Waals surface area contributed by atoms with E-state index in [2.05, 4.69) is 0 Å².